The number of hydrogen-bond donors (Lipinski definition) is 0. The monoisotopic (exact) mass is 594 g/mol. The predicted molar refractivity (Wildman–Crippen MR) is 159 cm³/mol. The molecule has 1 saturated carbocycles. The predicted octanol–water partition coefficient (Wildman–Crippen LogP) is 5.58. The summed E-state index contributed by atoms with van der Waals surface area (Å²) in [6.07, 6.45) is 0.258. The van der Waals surface area contributed by atoms with Crippen LogP contribution in [0.4, 0.5) is 0 Å². The molecule has 2 bridgehead atoms. The molecule has 0 amide bonds. The van der Waals surface area contributed by atoms with Gasteiger partial charge in [0.2, 0.25) is 0 Å². The van der Waals surface area contributed by atoms with E-state index in [0.717, 1.165) is 12.0 Å². The van der Waals surface area contributed by atoms with Crippen molar-refractivity contribution in [2.24, 2.45) is 10.8 Å². The molecule has 44 heavy (non-hydrogen) atoms. The van der Waals surface area contributed by atoms with Gasteiger partial charge in [0.15, 0.2) is 12.2 Å². The number of carbonyl (C=O) groups is 3. The lowest BCUT2D eigenvalue weighted by molar-refractivity contribution is -0.226. The van der Waals surface area contributed by atoms with Crippen molar-refractivity contribution in [1.29, 1.82) is 0 Å². The molecule has 8 nitrogen and oxygen atoms in total. The van der Waals surface area contributed by atoms with Crippen LogP contribution in [0.1, 0.15) is 57.8 Å². The van der Waals surface area contributed by atoms with Crippen LogP contribution in [0, 0.1) is 10.8 Å². The van der Waals surface area contributed by atoms with E-state index in [0.29, 0.717) is 29.7 Å². The third kappa shape index (κ3) is 4.31. The molecule has 2 saturated heterocycles. The first-order chi connectivity index (χ1) is 21.3. The summed E-state index contributed by atoms with van der Waals surface area (Å²) in [7, 11) is 0. The lowest BCUT2D eigenvalue weighted by Crippen LogP contribution is -2.66. The number of ether oxygens (including phenoxy) is 5. The Bertz CT molecular complexity index is 1600. The minimum atomic E-state index is -0.969. The lowest BCUT2D eigenvalue weighted by atomic mass is 9.51. The van der Waals surface area contributed by atoms with Crippen molar-refractivity contribution in [3.05, 3.63) is 119 Å². The Morgan fingerprint density at radius 1 is 0.795 bits per heavy atom. The van der Waals surface area contributed by atoms with Crippen molar-refractivity contribution < 1.29 is 38.1 Å². The van der Waals surface area contributed by atoms with Crippen LogP contribution < -0.4 is 0 Å². The van der Waals surface area contributed by atoms with Crippen molar-refractivity contribution in [3.63, 3.8) is 0 Å². The Morgan fingerprint density at radius 2 is 1.32 bits per heavy atom. The number of hydrogen-bond acceptors (Lipinski definition) is 8. The highest BCUT2D eigenvalue weighted by atomic mass is 16.7. The quantitative estimate of drug-likeness (QED) is 0.151. The Hall–Kier alpha value is -4.27. The van der Waals surface area contributed by atoms with Crippen LogP contribution in [0.5, 0.6) is 0 Å². The summed E-state index contributed by atoms with van der Waals surface area (Å²) in [6, 6.07) is 26.3. The van der Waals surface area contributed by atoms with E-state index in [2.05, 4.69) is 6.08 Å². The zero-order valence-electron chi connectivity index (χ0n) is 24.6. The van der Waals surface area contributed by atoms with Crippen LogP contribution in [-0.4, -0.2) is 61.1 Å². The Kier molecular flexibility index (Phi) is 6.94. The number of allylic oxidation sites excluding steroid dienone is 1. The lowest BCUT2D eigenvalue weighted by Gasteiger charge is -2.57. The van der Waals surface area contributed by atoms with Crippen molar-refractivity contribution in [2.75, 3.05) is 13.2 Å². The summed E-state index contributed by atoms with van der Waals surface area (Å²) in [5.41, 5.74) is -0.381. The van der Waals surface area contributed by atoms with Crippen LogP contribution in [0.3, 0.4) is 0 Å². The smallest absolute Gasteiger partial charge is 0.338 e. The van der Waals surface area contributed by atoms with Crippen molar-refractivity contribution >= 4 is 17.9 Å². The zero-order valence-corrected chi connectivity index (χ0v) is 24.6. The summed E-state index contributed by atoms with van der Waals surface area (Å²) in [5.74, 6) is -1.55. The average molecular weight is 595 g/mol. The molecule has 1 spiro atoms. The second kappa shape index (κ2) is 10.7. The second-order valence-electron chi connectivity index (χ2n) is 12.4. The van der Waals surface area contributed by atoms with E-state index >= 15 is 0 Å². The maximum Gasteiger partial charge on any atom is 0.338 e. The molecule has 3 fully saturated rings. The highest BCUT2D eigenvalue weighted by Gasteiger charge is 2.86. The SMILES string of the molecule is CC1=CC2OC3C(OC(=O)c4ccccc4)C(OC(=O)c4ccccc4)C(C)(C2(COC(=O)c2ccccc2)CC1)C31CO1. The molecule has 7 rings (SSSR count). The molecule has 7 atom stereocenters. The number of esters is 3. The van der Waals surface area contributed by atoms with E-state index in [1.54, 1.807) is 72.8 Å². The fraction of sp³-hybridized carbons (Fsp3) is 0.361. The number of fused-ring (bicyclic) bond motifs is 2. The van der Waals surface area contributed by atoms with Crippen molar-refractivity contribution in [3.8, 4) is 0 Å². The Balaban J connectivity index is 1.31. The Morgan fingerprint density at radius 3 is 1.86 bits per heavy atom. The van der Waals surface area contributed by atoms with Gasteiger partial charge in [0.25, 0.3) is 0 Å². The third-order valence-electron chi connectivity index (χ3n) is 10.2. The maximum atomic E-state index is 13.7. The van der Waals surface area contributed by atoms with Crippen LogP contribution in [-0.2, 0) is 23.7 Å². The molecule has 2 aliphatic carbocycles. The van der Waals surface area contributed by atoms with E-state index < -0.39 is 58.8 Å². The summed E-state index contributed by atoms with van der Waals surface area (Å²) in [6.45, 7) is 4.40. The van der Waals surface area contributed by atoms with Gasteiger partial charge in [-0.05, 0) is 56.2 Å². The topological polar surface area (TPSA) is 101 Å². The zero-order chi connectivity index (χ0) is 30.5. The van der Waals surface area contributed by atoms with Gasteiger partial charge in [-0.25, -0.2) is 14.4 Å². The molecule has 226 valence electrons. The number of benzene rings is 3. The fourth-order valence-corrected chi connectivity index (χ4v) is 7.66. The average Bonchev–Trinajstić information content (AvgIpc) is 3.85. The summed E-state index contributed by atoms with van der Waals surface area (Å²) in [5, 5.41) is 0. The molecule has 3 aromatic rings. The van der Waals surface area contributed by atoms with Crippen LogP contribution >= 0.6 is 0 Å². The minimum absolute atomic E-state index is 0.00223. The van der Waals surface area contributed by atoms with Crippen LogP contribution in [0.15, 0.2) is 103 Å². The molecular formula is C36H34O8. The minimum Gasteiger partial charge on any atom is -0.461 e. The summed E-state index contributed by atoms with van der Waals surface area (Å²) >= 11 is 0. The highest BCUT2D eigenvalue weighted by molar-refractivity contribution is 5.91. The normalized spacial score (nSPS) is 33.1. The fourth-order valence-electron chi connectivity index (χ4n) is 7.66. The van der Waals surface area contributed by atoms with Crippen molar-refractivity contribution in [1.82, 2.24) is 0 Å². The number of epoxide rings is 1. The van der Waals surface area contributed by atoms with E-state index in [9.17, 15) is 14.4 Å². The van der Waals surface area contributed by atoms with Gasteiger partial charge in [-0.3, -0.25) is 0 Å². The van der Waals surface area contributed by atoms with Gasteiger partial charge in [-0.15, -0.1) is 0 Å². The molecule has 0 N–H and O–H groups in total. The number of carbonyl (C=O) groups excluding carboxylic acids is 3. The first-order valence-electron chi connectivity index (χ1n) is 15.0. The summed E-state index contributed by atoms with van der Waals surface area (Å²) < 4.78 is 31.8. The van der Waals surface area contributed by atoms with E-state index in [1.165, 1.54) is 0 Å². The van der Waals surface area contributed by atoms with Crippen molar-refractivity contribution in [2.45, 2.75) is 56.7 Å². The van der Waals surface area contributed by atoms with E-state index in [4.69, 9.17) is 23.7 Å². The van der Waals surface area contributed by atoms with Gasteiger partial charge in [-0.1, -0.05) is 73.2 Å². The molecule has 4 aliphatic rings. The molecule has 0 radical (unpaired) electrons. The van der Waals surface area contributed by atoms with Gasteiger partial charge >= 0.3 is 17.9 Å². The van der Waals surface area contributed by atoms with Gasteiger partial charge in [-0.2, -0.15) is 0 Å². The molecule has 7 unspecified atom stereocenters. The molecule has 8 heteroatoms. The molecule has 2 aliphatic heterocycles. The first kappa shape index (κ1) is 28.5. The van der Waals surface area contributed by atoms with Gasteiger partial charge in [0.05, 0.1) is 34.8 Å². The molecule has 3 aromatic carbocycles. The van der Waals surface area contributed by atoms with Crippen LogP contribution in [0.2, 0.25) is 0 Å². The van der Waals surface area contributed by atoms with E-state index in [1.807, 2.05) is 32.0 Å². The van der Waals surface area contributed by atoms with Gasteiger partial charge in [0, 0.05) is 5.41 Å². The van der Waals surface area contributed by atoms with E-state index in [-0.39, 0.29) is 6.61 Å². The molecule has 2 heterocycles. The summed E-state index contributed by atoms with van der Waals surface area (Å²) in [4.78, 5) is 40.5. The second-order valence-corrected chi connectivity index (χ2v) is 12.4. The van der Waals surface area contributed by atoms with Gasteiger partial charge in [0.1, 0.15) is 18.3 Å². The highest BCUT2D eigenvalue weighted by Crippen LogP contribution is 2.72. The largest absolute Gasteiger partial charge is 0.461 e. The van der Waals surface area contributed by atoms with Gasteiger partial charge < -0.3 is 23.7 Å². The molecule has 0 aromatic heterocycles. The van der Waals surface area contributed by atoms with Crippen LogP contribution in [0.25, 0.3) is 0 Å². The Labute approximate surface area is 255 Å². The standard InChI is InChI=1S/C36H34O8/c1-23-18-19-35(21-40-31(37)24-12-6-3-7-13-24)27(20-23)42-30-28(43-32(38)25-14-8-4-9-15-25)29(34(35,2)36(30)22-41-36)44-33(39)26-16-10-5-11-17-26/h3-17,20,27-30H,18-19,21-22H2,1-2H3. The maximum absolute atomic E-state index is 13.7. The third-order valence-corrected chi connectivity index (χ3v) is 10.2. The number of rotatable bonds is 7. The molecular weight excluding hydrogens is 560 g/mol. The first-order valence-corrected chi connectivity index (χ1v) is 15.0.